The van der Waals surface area contributed by atoms with E-state index in [1.807, 2.05) is 18.2 Å². The van der Waals surface area contributed by atoms with Crippen LogP contribution in [-0.2, 0) is 11.2 Å². The molecular weight excluding hydrogens is 432 g/mol. The van der Waals surface area contributed by atoms with Crippen LogP contribution in [0.1, 0.15) is 12.0 Å². The molecule has 6 heteroatoms. The molecule has 4 rings (SSSR count). The van der Waals surface area contributed by atoms with Crippen LogP contribution in [0, 0.1) is 5.92 Å². The topological polar surface area (TPSA) is 43.0 Å². The van der Waals surface area contributed by atoms with E-state index in [2.05, 4.69) is 50.4 Å². The monoisotopic (exact) mass is 460 g/mol. The van der Waals surface area contributed by atoms with Gasteiger partial charge in [-0.3, -0.25) is 0 Å². The molecule has 156 valence electrons. The summed E-state index contributed by atoms with van der Waals surface area (Å²) in [5.74, 6) is 2.54. The highest BCUT2D eigenvalue weighted by Crippen LogP contribution is 2.30. The number of halogens is 1. The average Bonchev–Trinajstić information content (AvgIpc) is 3.17. The van der Waals surface area contributed by atoms with Crippen LogP contribution in [0.25, 0.3) is 0 Å². The van der Waals surface area contributed by atoms with Gasteiger partial charge in [-0.05, 0) is 61.2 Å². The lowest BCUT2D eigenvalue weighted by atomic mass is 9.98. The fourth-order valence-corrected chi connectivity index (χ4v) is 4.58. The van der Waals surface area contributed by atoms with Gasteiger partial charge in [-0.15, -0.1) is 0 Å². The third kappa shape index (κ3) is 5.44. The molecule has 2 aliphatic heterocycles. The maximum atomic E-state index is 5.92. The van der Waals surface area contributed by atoms with Crippen molar-refractivity contribution in [2.45, 2.75) is 18.9 Å². The van der Waals surface area contributed by atoms with E-state index in [1.54, 1.807) is 7.11 Å². The van der Waals surface area contributed by atoms with Crippen molar-refractivity contribution < 1.29 is 14.2 Å². The number of anilines is 1. The first-order chi connectivity index (χ1) is 14.2. The summed E-state index contributed by atoms with van der Waals surface area (Å²) in [5.41, 5.74) is 2.42. The molecule has 2 atom stereocenters. The van der Waals surface area contributed by atoms with Crippen LogP contribution in [-0.4, -0.2) is 57.5 Å². The van der Waals surface area contributed by atoms with E-state index in [9.17, 15) is 0 Å². The van der Waals surface area contributed by atoms with Gasteiger partial charge in [-0.25, -0.2) is 0 Å². The Hall–Kier alpha value is -1.76. The highest BCUT2D eigenvalue weighted by atomic mass is 79.9. The van der Waals surface area contributed by atoms with Gasteiger partial charge in [0.2, 0.25) is 0 Å². The lowest BCUT2D eigenvalue weighted by Crippen LogP contribution is -2.41. The van der Waals surface area contributed by atoms with Crippen LogP contribution in [0.5, 0.6) is 11.5 Å². The summed E-state index contributed by atoms with van der Waals surface area (Å²) in [5, 5.41) is 3.63. The molecule has 2 aliphatic rings. The zero-order valence-electron chi connectivity index (χ0n) is 16.9. The van der Waals surface area contributed by atoms with E-state index in [1.165, 1.54) is 12.0 Å². The maximum absolute atomic E-state index is 5.92. The summed E-state index contributed by atoms with van der Waals surface area (Å²) >= 11 is 3.71. The lowest BCUT2D eigenvalue weighted by Gasteiger charge is -2.30. The van der Waals surface area contributed by atoms with Gasteiger partial charge in [-0.1, -0.05) is 28.1 Å². The molecule has 0 spiro atoms. The fraction of sp³-hybridized carbons (Fsp3) is 0.478. The molecule has 2 aromatic rings. The van der Waals surface area contributed by atoms with Gasteiger partial charge in [0.25, 0.3) is 0 Å². The Morgan fingerprint density at radius 2 is 2.10 bits per heavy atom. The molecule has 0 bridgehead atoms. The van der Waals surface area contributed by atoms with E-state index < -0.39 is 0 Å². The highest BCUT2D eigenvalue weighted by Gasteiger charge is 2.27. The Kier molecular flexibility index (Phi) is 6.95. The van der Waals surface area contributed by atoms with E-state index in [0.717, 1.165) is 54.3 Å². The molecular formula is C23H29BrN2O3. The molecule has 0 radical (unpaired) electrons. The Bertz CT molecular complexity index is 816. The summed E-state index contributed by atoms with van der Waals surface area (Å²) in [6.07, 6.45) is 2.29. The normalized spacial score (nSPS) is 21.3. The Labute approximate surface area is 181 Å². The van der Waals surface area contributed by atoms with Crippen molar-refractivity contribution in [3.63, 3.8) is 0 Å². The molecule has 0 aliphatic carbocycles. The highest BCUT2D eigenvalue weighted by molar-refractivity contribution is 9.10. The van der Waals surface area contributed by atoms with Gasteiger partial charge in [0, 0.05) is 24.7 Å². The average molecular weight is 461 g/mol. The second-order valence-electron chi connectivity index (χ2n) is 7.86. The zero-order chi connectivity index (χ0) is 20.1. The zero-order valence-corrected chi connectivity index (χ0v) is 18.5. The van der Waals surface area contributed by atoms with Gasteiger partial charge in [0.05, 0.1) is 18.3 Å². The van der Waals surface area contributed by atoms with Crippen LogP contribution >= 0.6 is 15.9 Å². The molecule has 1 fully saturated rings. The number of nitrogens with zero attached hydrogens (tertiary/aromatic N) is 1. The van der Waals surface area contributed by atoms with Crippen LogP contribution in [0.4, 0.5) is 5.69 Å². The van der Waals surface area contributed by atoms with E-state index in [0.29, 0.717) is 25.2 Å². The summed E-state index contributed by atoms with van der Waals surface area (Å²) in [4.78, 5) is 2.56. The minimum absolute atomic E-state index is 0.341. The van der Waals surface area contributed by atoms with Crippen molar-refractivity contribution in [1.82, 2.24) is 4.90 Å². The predicted octanol–water partition coefficient (Wildman–Crippen LogP) is 4.21. The minimum Gasteiger partial charge on any atom is -0.491 e. The van der Waals surface area contributed by atoms with E-state index in [-0.39, 0.29) is 0 Å². The number of hydrogen-bond donors (Lipinski definition) is 1. The number of fused-ring (bicyclic) bond motifs is 1. The van der Waals surface area contributed by atoms with Crippen molar-refractivity contribution in [1.29, 1.82) is 0 Å². The van der Waals surface area contributed by atoms with Crippen molar-refractivity contribution in [3.05, 3.63) is 52.5 Å². The first-order valence-corrected chi connectivity index (χ1v) is 11.1. The number of para-hydroxylation sites is 2. The number of ether oxygens (including phenoxy) is 3. The largest absolute Gasteiger partial charge is 0.491 e. The smallest absolute Gasteiger partial charge is 0.142 e. The Morgan fingerprint density at radius 3 is 3.00 bits per heavy atom. The second-order valence-corrected chi connectivity index (χ2v) is 8.72. The van der Waals surface area contributed by atoms with Gasteiger partial charge < -0.3 is 24.4 Å². The summed E-state index contributed by atoms with van der Waals surface area (Å²) in [6.45, 7) is 5.20. The maximum Gasteiger partial charge on any atom is 0.142 e. The van der Waals surface area contributed by atoms with Gasteiger partial charge in [-0.2, -0.15) is 0 Å². The molecule has 2 unspecified atom stereocenters. The van der Waals surface area contributed by atoms with Crippen molar-refractivity contribution in [2.24, 2.45) is 5.92 Å². The molecule has 0 saturated carbocycles. The quantitative estimate of drug-likeness (QED) is 0.597. The summed E-state index contributed by atoms with van der Waals surface area (Å²) in [7, 11) is 1.69. The number of benzene rings is 2. The van der Waals surface area contributed by atoms with Gasteiger partial charge >= 0.3 is 0 Å². The molecule has 29 heavy (non-hydrogen) atoms. The Balaban J connectivity index is 1.29. The summed E-state index contributed by atoms with van der Waals surface area (Å²) < 4.78 is 17.9. The minimum atomic E-state index is 0.341. The van der Waals surface area contributed by atoms with Crippen molar-refractivity contribution >= 4 is 21.6 Å². The SMILES string of the molecule is COCCOc1ccc(Br)c(CC2CCN(CC3COc4ccccc4N3)C2)c1. The van der Waals surface area contributed by atoms with Crippen LogP contribution in [0.15, 0.2) is 46.9 Å². The Morgan fingerprint density at radius 1 is 1.21 bits per heavy atom. The van der Waals surface area contributed by atoms with Gasteiger partial charge in [0.15, 0.2) is 0 Å². The molecule has 1 saturated heterocycles. The van der Waals surface area contributed by atoms with Crippen LogP contribution in [0.3, 0.4) is 0 Å². The van der Waals surface area contributed by atoms with Crippen molar-refractivity contribution in [2.75, 3.05) is 51.9 Å². The predicted molar refractivity (Wildman–Crippen MR) is 119 cm³/mol. The third-order valence-electron chi connectivity index (χ3n) is 5.62. The second kappa shape index (κ2) is 9.83. The molecule has 2 aromatic carbocycles. The first-order valence-electron chi connectivity index (χ1n) is 10.3. The third-order valence-corrected chi connectivity index (χ3v) is 6.39. The fourth-order valence-electron chi connectivity index (χ4n) is 4.17. The molecule has 1 N–H and O–H groups in total. The number of hydrogen-bond acceptors (Lipinski definition) is 5. The standard InChI is InChI=1S/C23H29BrN2O3/c1-27-10-11-28-20-6-7-21(24)18(13-20)12-17-8-9-26(14-17)15-19-16-29-23-5-3-2-4-22(23)25-19/h2-7,13,17,19,25H,8-12,14-16H2,1H3. The van der Waals surface area contributed by atoms with Crippen LogP contribution in [0.2, 0.25) is 0 Å². The first kappa shape index (κ1) is 20.5. The number of nitrogens with one attached hydrogen (secondary N) is 1. The lowest BCUT2D eigenvalue weighted by molar-refractivity contribution is 0.146. The number of rotatable bonds is 8. The van der Waals surface area contributed by atoms with Crippen molar-refractivity contribution in [3.8, 4) is 11.5 Å². The number of methoxy groups -OCH3 is 1. The summed E-state index contributed by atoms with van der Waals surface area (Å²) in [6, 6.07) is 14.8. The molecule has 0 amide bonds. The molecule has 5 nitrogen and oxygen atoms in total. The number of likely N-dealkylation sites (tertiary alicyclic amines) is 1. The van der Waals surface area contributed by atoms with Crippen LogP contribution < -0.4 is 14.8 Å². The molecule has 2 heterocycles. The van der Waals surface area contributed by atoms with Gasteiger partial charge in [0.1, 0.15) is 24.7 Å². The van der Waals surface area contributed by atoms with E-state index in [4.69, 9.17) is 14.2 Å². The van der Waals surface area contributed by atoms with E-state index >= 15 is 0 Å². The molecule has 0 aromatic heterocycles.